The van der Waals surface area contributed by atoms with Gasteiger partial charge in [0.05, 0.1) is 0 Å². The van der Waals surface area contributed by atoms with E-state index in [1.165, 1.54) is 0 Å². The van der Waals surface area contributed by atoms with E-state index in [0.29, 0.717) is 0 Å². The van der Waals surface area contributed by atoms with Crippen molar-refractivity contribution in [1.82, 2.24) is 0 Å². The van der Waals surface area contributed by atoms with E-state index in [-0.39, 0.29) is 16.1 Å². The van der Waals surface area contributed by atoms with Gasteiger partial charge in [0.25, 0.3) is 0 Å². The van der Waals surface area contributed by atoms with Gasteiger partial charge in [-0.05, 0) is 25.1 Å². The van der Waals surface area contributed by atoms with Crippen LogP contribution in [0.25, 0.3) is 0 Å². The van der Waals surface area contributed by atoms with Gasteiger partial charge in [0, 0.05) is 11.8 Å². The van der Waals surface area contributed by atoms with Crippen LogP contribution in [-0.2, 0) is 4.43 Å². The molecule has 0 saturated heterocycles. The molecule has 0 radical (unpaired) electrons. The van der Waals surface area contributed by atoms with Crippen molar-refractivity contribution in [1.29, 1.82) is 0 Å². The number of nitro groups is 1. The van der Waals surface area contributed by atoms with Crippen molar-refractivity contribution < 1.29 is 9.35 Å². The fourth-order valence-electron chi connectivity index (χ4n) is 0.911. The van der Waals surface area contributed by atoms with Crippen LogP contribution in [-0.4, -0.2) is 25.4 Å². The van der Waals surface area contributed by atoms with Crippen LogP contribution < -0.4 is 0 Å². The lowest BCUT2D eigenvalue weighted by molar-refractivity contribution is -0.527. The standard InChI is InChI=1S/C10H23NO3Si/c1-8(11(12)13)9(2)14-15(6,7)10(3,4)5/h8-9H,1-7H3. The van der Waals surface area contributed by atoms with Gasteiger partial charge in [-0.2, -0.15) is 0 Å². The molecule has 0 aliphatic rings. The zero-order valence-corrected chi connectivity index (χ0v) is 11.8. The summed E-state index contributed by atoms with van der Waals surface area (Å²) in [5.41, 5.74) is 0. The molecule has 5 heteroatoms. The molecule has 4 nitrogen and oxygen atoms in total. The highest BCUT2D eigenvalue weighted by Gasteiger charge is 2.40. The minimum atomic E-state index is -1.88. The van der Waals surface area contributed by atoms with Gasteiger partial charge < -0.3 is 4.43 Å². The Balaban J connectivity index is 4.54. The first-order valence-electron chi connectivity index (χ1n) is 5.30. The molecule has 15 heavy (non-hydrogen) atoms. The zero-order chi connectivity index (χ0) is 12.4. The highest BCUT2D eigenvalue weighted by Crippen LogP contribution is 2.37. The maximum Gasteiger partial charge on any atom is 0.234 e. The lowest BCUT2D eigenvalue weighted by Gasteiger charge is -2.38. The van der Waals surface area contributed by atoms with E-state index in [1.54, 1.807) is 13.8 Å². The largest absolute Gasteiger partial charge is 0.407 e. The Hall–Kier alpha value is -0.423. The molecule has 0 spiro atoms. The minimum Gasteiger partial charge on any atom is -0.407 e. The number of hydrogen-bond acceptors (Lipinski definition) is 3. The highest BCUT2D eigenvalue weighted by atomic mass is 28.4. The third-order valence-electron chi connectivity index (χ3n) is 3.30. The molecule has 0 saturated carbocycles. The van der Waals surface area contributed by atoms with Crippen molar-refractivity contribution in [3.8, 4) is 0 Å². The van der Waals surface area contributed by atoms with Gasteiger partial charge in [0.15, 0.2) is 8.32 Å². The Bertz CT molecular complexity index is 235. The predicted molar refractivity (Wildman–Crippen MR) is 64.2 cm³/mol. The zero-order valence-electron chi connectivity index (χ0n) is 10.8. The van der Waals surface area contributed by atoms with Gasteiger partial charge in [0.2, 0.25) is 6.04 Å². The second-order valence-electron chi connectivity index (χ2n) is 5.61. The van der Waals surface area contributed by atoms with E-state index < -0.39 is 14.4 Å². The molecule has 0 aromatic rings. The second kappa shape index (κ2) is 4.61. The van der Waals surface area contributed by atoms with Crippen LogP contribution in [0.3, 0.4) is 0 Å². The Morgan fingerprint density at radius 3 is 1.93 bits per heavy atom. The molecule has 2 unspecified atom stereocenters. The predicted octanol–water partition coefficient (Wildman–Crippen LogP) is 3.06. The molecule has 0 rings (SSSR count). The van der Waals surface area contributed by atoms with Crippen LogP contribution in [0.5, 0.6) is 0 Å². The fraction of sp³-hybridized carbons (Fsp3) is 1.00. The van der Waals surface area contributed by atoms with Gasteiger partial charge in [-0.1, -0.05) is 20.8 Å². The van der Waals surface area contributed by atoms with E-state index in [0.717, 1.165) is 0 Å². The average Bonchev–Trinajstić information content (AvgIpc) is 1.99. The van der Waals surface area contributed by atoms with Gasteiger partial charge in [-0.15, -0.1) is 0 Å². The Morgan fingerprint density at radius 2 is 1.67 bits per heavy atom. The molecular formula is C10H23NO3Si. The molecule has 90 valence electrons. The summed E-state index contributed by atoms with van der Waals surface area (Å²) in [5, 5.41) is 10.7. The molecule has 0 aliphatic carbocycles. The molecule has 2 atom stereocenters. The smallest absolute Gasteiger partial charge is 0.234 e. The van der Waals surface area contributed by atoms with E-state index in [4.69, 9.17) is 4.43 Å². The molecular weight excluding hydrogens is 210 g/mol. The maximum absolute atomic E-state index is 10.6. The lowest BCUT2D eigenvalue weighted by atomic mass is 10.2. The third kappa shape index (κ3) is 3.91. The first-order valence-corrected chi connectivity index (χ1v) is 8.21. The van der Waals surface area contributed by atoms with E-state index >= 15 is 0 Å². The number of hydrogen-bond donors (Lipinski definition) is 0. The van der Waals surface area contributed by atoms with Crippen LogP contribution in [0.2, 0.25) is 18.1 Å². The van der Waals surface area contributed by atoms with Crippen molar-refractivity contribution in [3.05, 3.63) is 10.1 Å². The topological polar surface area (TPSA) is 52.4 Å². The summed E-state index contributed by atoms with van der Waals surface area (Å²) in [6, 6.07) is -0.640. The Morgan fingerprint density at radius 1 is 1.27 bits per heavy atom. The Labute approximate surface area is 93.3 Å². The first-order chi connectivity index (χ1) is 6.49. The quantitative estimate of drug-likeness (QED) is 0.426. The van der Waals surface area contributed by atoms with Crippen molar-refractivity contribution in [2.45, 2.75) is 64.9 Å². The fourth-order valence-corrected chi connectivity index (χ4v) is 2.39. The van der Waals surface area contributed by atoms with Gasteiger partial charge in [-0.25, -0.2) is 0 Å². The van der Waals surface area contributed by atoms with Crippen molar-refractivity contribution >= 4 is 8.32 Å². The SMILES string of the molecule is CC(O[Si](C)(C)C(C)(C)C)C(C)[N+](=O)[O-]. The molecule has 0 aliphatic heterocycles. The molecule has 0 bridgehead atoms. The Kier molecular flexibility index (Phi) is 4.48. The van der Waals surface area contributed by atoms with Crippen molar-refractivity contribution in [2.24, 2.45) is 0 Å². The van der Waals surface area contributed by atoms with Crippen LogP contribution in [0.4, 0.5) is 0 Å². The second-order valence-corrected chi connectivity index (χ2v) is 10.4. The third-order valence-corrected chi connectivity index (χ3v) is 7.87. The summed E-state index contributed by atoms with van der Waals surface area (Å²) in [7, 11) is -1.88. The summed E-state index contributed by atoms with van der Waals surface area (Å²) in [4.78, 5) is 10.3. The van der Waals surface area contributed by atoms with E-state index in [9.17, 15) is 10.1 Å². The van der Waals surface area contributed by atoms with Gasteiger partial charge in [-0.3, -0.25) is 10.1 Å². The first kappa shape index (κ1) is 14.6. The molecule has 0 heterocycles. The summed E-state index contributed by atoms with van der Waals surface area (Å²) < 4.78 is 5.92. The van der Waals surface area contributed by atoms with E-state index in [2.05, 4.69) is 33.9 Å². The summed E-state index contributed by atoms with van der Waals surface area (Å²) in [6.45, 7) is 14.0. The van der Waals surface area contributed by atoms with Crippen LogP contribution >= 0.6 is 0 Å². The van der Waals surface area contributed by atoms with Crippen LogP contribution in [0.15, 0.2) is 0 Å². The minimum absolute atomic E-state index is 0.0948. The summed E-state index contributed by atoms with van der Waals surface area (Å²) in [5.74, 6) is 0. The molecule has 0 amide bonds. The molecule has 0 aromatic heterocycles. The van der Waals surface area contributed by atoms with Gasteiger partial charge >= 0.3 is 0 Å². The molecule has 0 aromatic carbocycles. The number of nitrogens with zero attached hydrogens (tertiary/aromatic N) is 1. The van der Waals surface area contributed by atoms with Crippen LogP contribution in [0, 0.1) is 10.1 Å². The van der Waals surface area contributed by atoms with Crippen molar-refractivity contribution in [3.63, 3.8) is 0 Å². The number of rotatable bonds is 4. The van der Waals surface area contributed by atoms with Crippen molar-refractivity contribution in [2.75, 3.05) is 0 Å². The van der Waals surface area contributed by atoms with Crippen LogP contribution in [0.1, 0.15) is 34.6 Å². The molecule has 0 N–H and O–H groups in total. The van der Waals surface area contributed by atoms with E-state index in [1.807, 2.05) is 0 Å². The summed E-state index contributed by atoms with van der Waals surface area (Å²) in [6.07, 6.45) is -0.319. The maximum atomic E-state index is 10.6. The normalized spacial score (nSPS) is 17.3. The highest BCUT2D eigenvalue weighted by molar-refractivity contribution is 6.74. The average molecular weight is 233 g/mol. The van der Waals surface area contributed by atoms with Gasteiger partial charge in [0.1, 0.15) is 6.10 Å². The lowest BCUT2D eigenvalue weighted by Crippen LogP contribution is -2.47. The monoisotopic (exact) mass is 233 g/mol. The molecule has 0 fully saturated rings. The summed E-state index contributed by atoms with van der Waals surface area (Å²) >= 11 is 0.